The van der Waals surface area contributed by atoms with Crippen LogP contribution in [0.25, 0.3) is 21.5 Å². The number of thiophene rings is 1. The Morgan fingerprint density at radius 3 is 2.71 bits per heavy atom. The predicted molar refractivity (Wildman–Crippen MR) is 131 cm³/mol. The van der Waals surface area contributed by atoms with Crippen molar-refractivity contribution in [2.45, 2.75) is 19.5 Å². The summed E-state index contributed by atoms with van der Waals surface area (Å²) >= 11 is 7.85. The first-order chi connectivity index (χ1) is 15.1. The fourth-order valence-corrected chi connectivity index (χ4v) is 4.72. The van der Waals surface area contributed by atoms with Gasteiger partial charge in [-0.2, -0.15) is 0 Å². The third kappa shape index (κ3) is 5.56. The number of carbonyl (C=O) groups excluding carboxylic acids is 1. The summed E-state index contributed by atoms with van der Waals surface area (Å²) in [5, 5.41) is 6.88. The summed E-state index contributed by atoms with van der Waals surface area (Å²) in [4.78, 5) is 16.1. The highest BCUT2D eigenvalue weighted by atomic mass is 35.5. The number of halogens is 1. The number of nitrogens with one attached hydrogen (secondary N) is 1. The predicted octanol–water partition coefficient (Wildman–Crippen LogP) is 5.66. The van der Waals surface area contributed by atoms with Crippen molar-refractivity contribution in [1.82, 2.24) is 14.8 Å². The summed E-state index contributed by atoms with van der Waals surface area (Å²) in [5.41, 5.74) is 3.37. The molecule has 0 aliphatic heterocycles. The van der Waals surface area contributed by atoms with Crippen LogP contribution in [0.15, 0.2) is 72.1 Å². The molecule has 0 saturated carbocycles. The number of benzene rings is 2. The van der Waals surface area contributed by atoms with Crippen molar-refractivity contribution >= 4 is 39.7 Å². The molecular formula is C25H26ClN3OS. The molecule has 1 N–H and O–H groups in total. The standard InChI is InChI=1S/C25H26ClN3OS/c1-28(17-19-7-3-2-4-8-19)13-6-12-27-25(30)18-29-22-11-10-21(26)15-20(22)16-23(29)24-9-5-14-31-24/h2-5,7-11,14-16H,6,12-13,17-18H2,1H3,(H,27,30). The average molecular weight is 452 g/mol. The van der Waals surface area contributed by atoms with Gasteiger partial charge in [-0.3, -0.25) is 4.79 Å². The molecule has 0 saturated heterocycles. The Morgan fingerprint density at radius 2 is 1.94 bits per heavy atom. The minimum Gasteiger partial charge on any atom is -0.355 e. The average Bonchev–Trinajstić information content (AvgIpc) is 3.40. The fourth-order valence-electron chi connectivity index (χ4n) is 3.79. The van der Waals surface area contributed by atoms with Gasteiger partial charge >= 0.3 is 0 Å². The maximum atomic E-state index is 12.7. The van der Waals surface area contributed by atoms with Crippen LogP contribution in [0.4, 0.5) is 0 Å². The maximum Gasteiger partial charge on any atom is 0.239 e. The molecule has 160 valence electrons. The number of fused-ring (bicyclic) bond motifs is 1. The molecule has 0 bridgehead atoms. The van der Waals surface area contributed by atoms with Gasteiger partial charge in [0.05, 0.1) is 10.6 Å². The van der Waals surface area contributed by atoms with E-state index in [-0.39, 0.29) is 12.5 Å². The topological polar surface area (TPSA) is 37.3 Å². The van der Waals surface area contributed by atoms with E-state index >= 15 is 0 Å². The quantitative estimate of drug-likeness (QED) is 0.333. The van der Waals surface area contributed by atoms with Crippen molar-refractivity contribution in [1.29, 1.82) is 0 Å². The zero-order valence-electron chi connectivity index (χ0n) is 17.6. The monoisotopic (exact) mass is 451 g/mol. The normalized spacial score (nSPS) is 11.3. The molecule has 2 heterocycles. The Kier molecular flexibility index (Phi) is 7.07. The highest BCUT2D eigenvalue weighted by molar-refractivity contribution is 7.13. The zero-order chi connectivity index (χ0) is 21.6. The van der Waals surface area contributed by atoms with Crippen LogP contribution >= 0.6 is 22.9 Å². The van der Waals surface area contributed by atoms with E-state index in [1.807, 2.05) is 30.3 Å². The van der Waals surface area contributed by atoms with Crippen molar-refractivity contribution < 1.29 is 4.79 Å². The van der Waals surface area contributed by atoms with Crippen molar-refractivity contribution in [2.24, 2.45) is 0 Å². The van der Waals surface area contributed by atoms with Gasteiger partial charge in [-0.05, 0) is 61.3 Å². The van der Waals surface area contributed by atoms with E-state index in [0.717, 1.165) is 41.0 Å². The van der Waals surface area contributed by atoms with E-state index < -0.39 is 0 Å². The van der Waals surface area contributed by atoms with E-state index in [9.17, 15) is 4.79 Å². The summed E-state index contributed by atoms with van der Waals surface area (Å²) in [6.45, 7) is 2.80. The lowest BCUT2D eigenvalue weighted by atomic mass is 10.2. The van der Waals surface area contributed by atoms with E-state index in [1.165, 1.54) is 5.56 Å². The van der Waals surface area contributed by atoms with Crippen LogP contribution in [-0.4, -0.2) is 35.5 Å². The number of hydrogen-bond donors (Lipinski definition) is 1. The van der Waals surface area contributed by atoms with Crippen molar-refractivity contribution in [3.8, 4) is 10.6 Å². The Hall–Kier alpha value is -2.60. The lowest BCUT2D eigenvalue weighted by Crippen LogP contribution is -2.30. The van der Waals surface area contributed by atoms with Gasteiger partial charge in [0.1, 0.15) is 6.54 Å². The molecule has 0 aliphatic rings. The van der Waals surface area contributed by atoms with Crippen molar-refractivity contribution in [3.05, 3.63) is 82.7 Å². The number of nitrogens with zero attached hydrogens (tertiary/aromatic N) is 2. The molecule has 0 unspecified atom stereocenters. The van der Waals surface area contributed by atoms with Gasteiger partial charge in [0.25, 0.3) is 0 Å². The van der Waals surface area contributed by atoms with Gasteiger partial charge in [-0.25, -0.2) is 0 Å². The third-order valence-corrected chi connectivity index (χ3v) is 6.40. The van der Waals surface area contributed by atoms with Crippen LogP contribution in [-0.2, 0) is 17.9 Å². The summed E-state index contributed by atoms with van der Waals surface area (Å²) in [6, 6.07) is 22.5. The van der Waals surface area contributed by atoms with Gasteiger partial charge in [0.2, 0.25) is 5.91 Å². The molecule has 4 nitrogen and oxygen atoms in total. The van der Waals surface area contributed by atoms with E-state index in [0.29, 0.717) is 11.6 Å². The van der Waals surface area contributed by atoms with Crippen LogP contribution in [0.5, 0.6) is 0 Å². The van der Waals surface area contributed by atoms with Gasteiger partial charge in [-0.15, -0.1) is 11.3 Å². The van der Waals surface area contributed by atoms with Gasteiger partial charge < -0.3 is 14.8 Å². The number of carbonyl (C=O) groups is 1. The summed E-state index contributed by atoms with van der Waals surface area (Å²) in [7, 11) is 2.11. The molecule has 1 amide bonds. The summed E-state index contributed by atoms with van der Waals surface area (Å²) < 4.78 is 2.08. The van der Waals surface area contributed by atoms with E-state index in [2.05, 4.69) is 63.6 Å². The molecule has 6 heteroatoms. The van der Waals surface area contributed by atoms with Crippen LogP contribution in [0.2, 0.25) is 5.02 Å². The van der Waals surface area contributed by atoms with Gasteiger partial charge in [-0.1, -0.05) is 48.0 Å². The van der Waals surface area contributed by atoms with Crippen LogP contribution in [0, 0.1) is 0 Å². The van der Waals surface area contributed by atoms with Crippen LogP contribution < -0.4 is 5.32 Å². The molecule has 2 aromatic carbocycles. The minimum absolute atomic E-state index is 0.0240. The largest absolute Gasteiger partial charge is 0.355 e. The van der Waals surface area contributed by atoms with Gasteiger partial charge in [0, 0.05) is 29.0 Å². The maximum absolute atomic E-state index is 12.7. The van der Waals surface area contributed by atoms with Crippen LogP contribution in [0.3, 0.4) is 0 Å². The Labute approximate surface area is 192 Å². The lowest BCUT2D eigenvalue weighted by Gasteiger charge is -2.17. The smallest absolute Gasteiger partial charge is 0.239 e. The molecular weight excluding hydrogens is 426 g/mol. The Morgan fingerprint density at radius 1 is 1.10 bits per heavy atom. The number of hydrogen-bond acceptors (Lipinski definition) is 3. The number of rotatable bonds is 9. The van der Waals surface area contributed by atoms with E-state index in [4.69, 9.17) is 11.6 Å². The van der Waals surface area contributed by atoms with E-state index in [1.54, 1.807) is 11.3 Å². The second-order valence-corrected chi connectivity index (χ2v) is 9.11. The molecule has 4 aromatic rings. The van der Waals surface area contributed by atoms with Crippen molar-refractivity contribution in [2.75, 3.05) is 20.1 Å². The Bertz CT molecular complexity index is 1140. The molecule has 0 radical (unpaired) electrons. The first kappa shape index (κ1) is 21.6. The fraction of sp³-hybridized carbons (Fsp3) is 0.240. The first-order valence-electron chi connectivity index (χ1n) is 10.4. The molecule has 31 heavy (non-hydrogen) atoms. The molecule has 0 atom stereocenters. The molecule has 0 fully saturated rings. The van der Waals surface area contributed by atoms with Crippen molar-refractivity contribution in [3.63, 3.8) is 0 Å². The molecule has 4 rings (SSSR count). The highest BCUT2D eigenvalue weighted by Crippen LogP contribution is 2.32. The first-order valence-corrected chi connectivity index (χ1v) is 11.7. The minimum atomic E-state index is 0.0240. The SMILES string of the molecule is CN(CCCNC(=O)Cn1c(-c2cccs2)cc2cc(Cl)ccc21)Cc1ccccc1. The lowest BCUT2D eigenvalue weighted by molar-refractivity contribution is -0.121. The van der Waals surface area contributed by atoms with Gasteiger partial charge in [0.15, 0.2) is 0 Å². The highest BCUT2D eigenvalue weighted by Gasteiger charge is 2.14. The molecule has 0 spiro atoms. The summed E-state index contributed by atoms with van der Waals surface area (Å²) in [6.07, 6.45) is 0.912. The number of amides is 1. The number of aromatic nitrogens is 1. The molecule has 2 aromatic heterocycles. The van der Waals surface area contributed by atoms with Crippen LogP contribution in [0.1, 0.15) is 12.0 Å². The zero-order valence-corrected chi connectivity index (χ0v) is 19.1. The third-order valence-electron chi connectivity index (χ3n) is 5.27. The second-order valence-electron chi connectivity index (χ2n) is 7.72. The summed E-state index contributed by atoms with van der Waals surface area (Å²) in [5.74, 6) is 0.0240. The molecule has 0 aliphatic carbocycles. The Balaban J connectivity index is 1.35. The second kappa shape index (κ2) is 10.1.